The first-order valence-corrected chi connectivity index (χ1v) is 7.87. The number of nitrogens with one attached hydrogen (secondary N) is 1. The Morgan fingerprint density at radius 1 is 1.29 bits per heavy atom. The summed E-state index contributed by atoms with van der Waals surface area (Å²) >= 11 is 5.61. The molecular formula is C14H22BrNS. The van der Waals surface area contributed by atoms with Crippen LogP contribution in [0.25, 0.3) is 0 Å². The molecule has 0 aliphatic heterocycles. The van der Waals surface area contributed by atoms with Gasteiger partial charge in [-0.2, -0.15) is 0 Å². The Bertz CT molecular complexity index is 352. The minimum absolute atomic E-state index is 0.644. The van der Waals surface area contributed by atoms with Gasteiger partial charge in [0.05, 0.1) is 0 Å². The van der Waals surface area contributed by atoms with E-state index in [4.69, 9.17) is 0 Å². The van der Waals surface area contributed by atoms with E-state index >= 15 is 0 Å². The number of hydrogen-bond donors (Lipinski definition) is 1. The van der Waals surface area contributed by atoms with Crippen molar-refractivity contribution in [2.75, 3.05) is 6.54 Å². The van der Waals surface area contributed by atoms with Crippen LogP contribution >= 0.6 is 27.7 Å². The summed E-state index contributed by atoms with van der Waals surface area (Å²) in [5.41, 5.74) is 1.33. The summed E-state index contributed by atoms with van der Waals surface area (Å²) < 4.78 is 1.21. The topological polar surface area (TPSA) is 12.0 Å². The molecule has 0 aliphatic rings. The van der Waals surface area contributed by atoms with Crippen LogP contribution in [0.15, 0.2) is 27.6 Å². The van der Waals surface area contributed by atoms with Gasteiger partial charge in [0, 0.05) is 21.2 Å². The molecule has 0 fully saturated rings. The predicted molar refractivity (Wildman–Crippen MR) is 81.7 cm³/mol. The molecule has 0 bridgehead atoms. The maximum atomic E-state index is 3.67. The Morgan fingerprint density at radius 3 is 2.53 bits per heavy atom. The fourth-order valence-electron chi connectivity index (χ4n) is 1.36. The molecule has 1 nitrogen and oxygen atoms in total. The standard InChI is InChI=1S/C14H22BrNS/c1-5-16-9-12-6-7-14(13(15)8-12)17-11(4)10(2)3/h6-8,10-11,16H,5,9H2,1-4H3. The van der Waals surface area contributed by atoms with Crippen LogP contribution in [0.4, 0.5) is 0 Å². The normalized spacial score (nSPS) is 13.1. The molecule has 1 aromatic carbocycles. The molecule has 0 amide bonds. The van der Waals surface area contributed by atoms with Crippen LogP contribution in [-0.4, -0.2) is 11.8 Å². The molecule has 0 saturated carbocycles. The van der Waals surface area contributed by atoms with Crippen molar-refractivity contribution in [3.63, 3.8) is 0 Å². The maximum Gasteiger partial charge on any atom is 0.0314 e. The van der Waals surface area contributed by atoms with E-state index < -0.39 is 0 Å². The van der Waals surface area contributed by atoms with Crippen molar-refractivity contribution >= 4 is 27.7 Å². The number of hydrogen-bond acceptors (Lipinski definition) is 2. The van der Waals surface area contributed by atoms with Crippen LogP contribution in [-0.2, 0) is 6.54 Å². The third-order valence-electron chi connectivity index (χ3n) is 2.83. The molecule has 3 heteroatoms. The Balaban J connectivity index is 2.69. The smallest absolute Gasteiger partial charge is 0.0314 e. The zero-order valence-corrected chi connectivity index (χ0v) is 13.5. The van der Waals surface area contributed by atoms with Crippen LogP contribution < -0.4 is 5.32 Å². The summed E-state index contributed by atoms with van der Waals surface area (Å²) in [6.45, 7) is 10.9. The highest BCUT2D eigenvalue weighted by Gasteiger charge is 2.11. The molecular weight excluding hydrogens is 294 g/mol. The van der Waals surface area contributed by atoms with Gasteiger partial charge in [0.15, 0.2) is 0 Å². The van der Waals surface area contributed by atoms with Crippen LogP contribution in [0, 0.1) is 5.92 Å². The van der Waals surface area contributed by atoms with Gasteiger partial charge in [-0.25, -0.2) is 0 Å². The molecule has 1 atom stereocenters. The van der Waals surface area contributed by atoms with Crippen molar-refractivity contribution in [1.82, 2.24) is 5.32 Å². The summed E-state index contributed by atoms with van der Waals surface area (Å²) in [5.74, 6) is 0.702. The van der Waals surface area contributed by atoms with Crippen molar-refractivity contribution < 1.29 is 0 Å². The quantitative estimate of drug-likeness (QED) is 0.764. The summed E-state index contributed by atoms with van der Waals surface area (Å²) in [5, 5.41) is 3.99. The van der Waals surface area contributed by atoms with E-state index in [1.165, 1.54) is 14.9 Å². The van der Waals surface area contributed by atoms with Crippen LogP contribution in [0.1, 0.15) is 33.3 Å². The van der Waals surface area contributed by atoms with Gasteiger partial charge in [-0.15, -0.1) is 11.8 Å². The summed E-state index contributed by atoms with van der Waals surface area (Å²) in [6.07, 6.45) is 0. The lowest BCUT2D eigenvalue weighted by atomic mass is 10.2. The summed E-state index contributed by atoms with van der Waals surface area (Å²) in [6, 6.07) is 6.65. The maximum absolute atomic E-state index is 3.67. The molecule has 0 spiro atoms. The van der Waals surface area contributed by atoms with Gasteiger partial charge in [0.1, 0.15) is 0 Å². The fourth-order valence-corrected chi connectivity index (χ4v) is 3.05. The molecule has 1 aromatic rings. The minimum Gasteiger partial charge on any atom is -0.313 e. The predicted octanol–water partition coefficient (Wildman–Crippen LogP) is 4.70. The van der Waals surface area contributed by atoms with Crippen molar-refractivity contribution in [2.24, 2.45) is 5.92 Å². The van der Waals surface area contributed by atoms with E-state index in [0.717, 1.165) is 13.1 Å². The highest BCUT2D eigenvalue weighted by Crippen LogP contribution is 2.33. The fraction of sp³-hybridized carbons (Fsp3) is 0.571. The van der Waals surface area contributed by atoms with Gasteiger partial charge in [-0.1, -0.05) is 33.8 Å². The molecule has 0 aliphatic carbocycles. The highest BCUT2D eigenvalue weighted by atomic mass is 79.9. The van der Waals surface area contributed by atoms with E-state index in [0.29, 0.717) is 11.2 Å². The number of halogens is 1. The lowest BCUT2D eigenvalue weighted by Gasteiger charge is -2.16. The van der Waals surface area contributed by atoms with Crippen molar-refractivity contribution in [3.8, 4) is 0 Å². The van der Waals surface area contributed by atoms with E-state index in [9.17, 15) is 0 Å². The second-order valence-corrected chi connectivity index (χ2v) is 6.89. The van der Waals surface area contributed by atoms with Gasteiger partial charge in [-0.3, -0.25) is 0 Å². The third-order valence-corrected chi connectivity index (χ3v) is 5.27. The first-order valence-electron chi connectivity index (χ1n) is 6.20. The Labute approximate surface area is 118 Å². The molecule has 0 saturated heterocycles. The van der Waals surface area contributed by atoms with E-state index in [1.54, 1.807) is 0 Å². The van der Waals surface area contributed by atoms with Crippen LogP contribution in [0.2, 0.25) is 0 Å². The van der Waals surface area contributed by atoms with E-state index in [2.05, 4.69) is 67.1 Å². The zero-order chi connectivity index (χ0) is 12.8. The van der Waals surface area contributed by atoms with Gasteiger partial charge in [0.25, 0.3) is 0 Å². The van der Waals surface area contributed by atoms with Gasteiger partial charge in [0.2, 0.25) is 0 Å². The molecule has 1 N–H and O–H groups in total. The SMILES string of the molecule is CCNCc1ccc(SC(C)C(C)C)c(Br)c1. The average molecular weight is 316 g/mol. The second-order valence-electron chi connectivity index (χ2n) is 4.61. The summed E-state index contributed by atoms with van der Waals surface area (Å²) in [7, 11) is 0. The average Bonchev–Trinajstić information content (AvgIpc) is 2.29. The Kier molecular flexibility index (Phi) is 6.60. The molecule has 1 rings (SSSR count). The molecule has 17 heavy (non-hydrogen) atoms. The summed E-state index contributed by atoms with van der Waals surface area (Å²) in [4.78, 5) is 1.34. The van der Waals surface area contributed by atoms with Crippen molar-refractivity contribution in [3.05, 3.63) is 28.2 Å². The Morgan fingerprint density at radius 2 is 2.00 bits per heavy atom. The van der Waals surface area contributed by atoms with Crippen LogP contribution in [0.3, 0.4) is 0 Å². The lowest BCUT2D eigenvalue weighted by molar-refractivity contribution is 0.642. The van der Waals surface area contributed by atoms with Gasteiger partial charge >= 0.3 is 0 Å². The largest absolute Gasteiger partial charge is 0.313 e. The molecule has 0 aromatic heterocycles. The number of benzene rings is 1. The molecule has 1 unspecified atom stereocenters. The number of thioether (sulfide) groups is 1. The van der Waals surface area contributed by atoms with Gasteiger partial charge < -0.3 is 5.32 Å². The lowest BCUT2D eigenvalue weighted by Crippen LogP contribution is -2.11. The molecule has 96 valence electrons. The first kappa shape index (κ1) is 15.1. The minimum atomic E-state index is 0.644. The third kappa shape index (κ3) is 5.02. The highest BCUT2D eigenvalue weighted by molar-refractivity contribution is 9.10. The van der Waals surface area contributed by atoms with Crippen molar-refractivity contribution in [1.29, 1.82) is 0 Å². The van der Waals surface area contributed by atoms with E-state index in [-0.39, 0.29) is 0 Å². The van der Waals surface area contributed by atoms with E-state index in [1.807, 2.05) is 11.8 Å². The van der Waals surface area contributed by atoms with Crippen molar-refractivity contribution in [2.45, 2.75) is 44.4 Å². The first-order chi connectivity index (χ1) is 8.04. The Hall–Kier alpha value is 0.01000. The molecule has 0 radical (unpaired) electrons. The van der Waals surface area contributed by atoms with Crippen LogP contribution in [0.5, 0.6) is 0 Å². The monoisotopic (exact) mass is 315 g/mol. The zero-order valence-electron chi connectivity index (χ0n) is 11.1. The molecule has 0 heterocycles. The second kappa shape index (κ2) is 7.45. The van der Waals surface area contributed by atoms with Gasteiger partial charge in [-0.05, 0) is 46.1 Å². The number of rotatable bonds is 6.